The van der Waals surface area contributed by atoms with Gasteiger partial charge in [-0.3, -0.25) is 14.4 Å². The maximum atomic E-state index is 12.4. The standard InChI is InChI=1S/C23H25N3O4/c1-2-12-24-21(27)11-13-25-22(28)14-16-7-9-18(10-8-16)26-23(29)20-15-17-5-3-4-6-19(17)30-20/h3-10,15H,2,11-14H2,1H3,(H,24,27)(H,25,28)(H,26,29). The largest absolute Gasteiger partial charge is 0.451 e. The summed E-state index contributed by atoms with van der Waals surface area (Å²) in [5.41, 5.74) is 2.08. The van der Waals surface area contributed by atoms with E-state index in [0.717, 1.165) is 17.4 Å². The number of nitrogens with one attached hydrogen (secondary N) is 3. The quantitative estimate of drug-likeness (QED) is 0.507. The number of carbonyl (C=O) groups is 3. The molecule has 1 aromatic heterocycles. The zero-order valence-corrected chi connectivity index (χ0v) is 16.9. The summed E-state index contributed by atoms with van der Waals surface area (Å²) in [6, 6.07) is 16.2. The summed E-state index contributed by atoms with van der Waals surface area (Å²) in [5, 5.41) is 9.16. The molecule has 0 aliphatic carbocycles. The van der Waals surface area contributed by atoms with E-state index in [-0.39, 0.29) is 36.3 Å². The van der Waals surface area contributed by atoms with Crippen LogP contribution in [0, 0.1) is 0 Å². The number of rotatable bonds is 9. The molecule has 0 fully saturated rings. The minimum atomic E-state index is -0.335. The first-order chi connectivity index (χ1) is 14.5. The Hall–Kier alpha value is -3.61. The molecule has 1 heterocycles. The van der Waals surface area contributed by atoms with Crippen molar-refractivity contribution in [2.24, 2.45) is 0 Å². The van der Waals surface area contributed by atoms with Crippen molar-refractivity contribution < 1.29 is 18.8 Å². The maximum absolute atomic E-state index is 12.4. The normalized spacial score (nSPS) is 10.6. The number of benzene rings is 2. The van der Waals surface area contributed by atoms with Crippen LogP contribution in [0.2, 0.25) is 0 Å². The van der Waals surface area contributed by atoms with E-state index in [0.29, 0.717) is 24.4 Å². The van der Waals surface area contributed by atoms with Crippen LogP contribution in [-0.2, 0) is 16.0 Å². The molecule has 0 bridgehead atoms. The van der Waals surface area contributed by atoms with Crippen molar-refractivity contribution in [3.8, 4) is 0 Å². The van der Waals surface area contributed by atoms with Gasteiger partial charge in [0, 0.05) is 30.6 Å². The van der Waals surface area contributed by atoms with Crippen molar-refractivity contribution in [3.63, 3.8) is 0 Å². The third-order valence-corrected chi connectivity index (χ3v) is 4.47. The third kappa shape index (κ3) is 5.94. The molecule has 3 N–H and O–H groups in total. The van der Waals surface area contributed by atoms with Gasteiger partial charge in [0.2, 0.25) is 11.8 Å². The fourth-order valence-electron chi connectivity index (χ4n) is 2.91. The highest BCUT2D eigenvalue weighted by Crippen LogP contribution is 2.20. The lowest BCUT2D eigenvalue weighted by atomic mass is 10.1. The van der Waals surface area contributed by atoms with Crippen LogP contribution >= 0.6 is 0 Å². The summed E-state index contributed by atoms with van der Waals surface area (Å²) in [6.07, 6.45) is 1.35. The van der Waals surface area contributed by atoms with Crippen LogP contribution in [0.1, 0.15) is 35.9 Å². The van der Waals surface area contributed by atoms with Gasteiger partial charge in [-0.2, -0.15) is 0 Å². The fraction of sp³-hybridized carbons (Fsp3) is 0.261. The Morgan fingerprint density at radius 1 is 0.900 bits per heavy atom. The van der Waals surface area contributed by atoms with Crippen LogP contribution in [0.5, 0.6) is 0 Å². The number of fused-ring (bicyclic) bond motifs is 1. The molecule has 0 atom stereocenters. The second kappa shape index (κ2) is 10.2. The zero-order chi connectivity index (χ0) is 21.3. The van der Waals surface area contributed by atoms with Gasteiger partial charge in [-0.15, -0.1) is 0 Å². The molecule has 156 valence electrons. The molecule has 2 aromatic carbocycles. The summed E-state index contributed by atoms with van der Waals surface area (Å²) in [5.74, 6) is -0.320. The van der Waals surface area contributed by atoms with Crippen LogP contribution in [0.4, 0.5) is 5.69 Å². The van der Waals surface area contributed by atoms with Gasteiger partial charge in [-0.25, -0.2) is 0 Å². The topological polar surface area (TPSA) is 100 Å². The van der Waals surface area contributed by atoms with E-state index in [2.05, 4.69) is 16.0 Å². The molecule has 0 saturated carbocycles. The smallest absolute Gasteiger partial charge is 0.291 e. The summed E-state index contributed by atoms with van der Waals surface area (Å²) < 4.78 is 5.56. The summed E-state index contributed by atoms with van der Waals surface area (Å²) in [4.78, 5) is 35.9. The van der Waals surface area contributed by atoms with Gasteiger partial charge in [0.25, 0.3) is 5.91 Å². The molecule has 7 heteroatoms. The van der Waals surface area contributed by atoms with E-state index >= 15 is 0 Å². The highest BCUT2D eigenvalue weighted by atomic mass is 16.3. The molecule has 3 rings (SSSR count). The van der Waals surface area contributed by atoms with Crippen molar-refractivity contribution in [2.45, 2.75) is 26.2 Å². The molecule has 7 nitrogen and oxygen atoms in total. The molecule has 0 aliphatic heterocycles. The minimum Gasteiger partial charge on any atom is -0.451 e. The van der Waals surface area contributed by atoms with Crippen molar-refractivity contribution in [1.82, 2.24) is 10.6 Å². The number of carbonyl (C=O) groups excluding carboxylic acids is 3. The van der Waals surface area contributed by atoms with Crippen LogP contribution in [0.15, 0.2) is 59.0 Å². The number of hydrogen-bond acceptors (Lipinski definition) is 4. The lowest BCUT2D eigenvalue weighted by Crippen LogP contribution is -2.31. The van der Waals surface area contributed by atoms with Gasteiger partial charge in [0.05, 0.1) is 6.42 Å². The predicted octanol–water partition coefficient (Wildman–Crippen LogP) is 3.26. The lowest BCUT2D eigenvalue weighted by Gasteiger charge is -2.07. The summed E-state index contributed by atoms with van der Waals surface area (Å²) in [6.45, 7) is 2.93. The molecule has 3 aromatic rings. The summed E-state index contributed by atoms with van der Waals surface area (Å²) in [7, 11) is 0. The Morgan fingerprint density at radius 2 is 1.63 bits per heavy atom. The Labute approximate surface area is 174 Å². The Bertz CT molecular complexity index is 991. The predicted molar refractivity (Wildman–Crippen MR) is 115 cm³/mol. The van der Waals surface area contributed by atoms with Crippen LogP contribution < -0.4 is 16.0 Å². The highest BCUT2D eigenvalue weighted by Gasteiger charge is 2.12. The van der Waals surface area contributed by atoms with Crippen molar-refractivity contribution in [2.75, 3.05) is 18.4 Å². The second-order valence-electron chi connectivity index (χ2n) is 6.93. The van der Waals surface area contributed by atoms with Crippen LogP contribution in [0.3, 0.4) is 0 Å². The molecule has 0 saturated heterocycles. The van der Waals surface area contributed by atoms with Crippen molar-refractivity contribution in [1.29, 1.82) is 0 Å². The minimum absolute atomic E-state index is 0.0679. The molecule has 0 aliphatic rings. The molecular formula is C23H25N3O4. The highest BCUT2D eigenvalue weighted by molar-refractivity contribution is 6.04. The van der Waals surface area contributed by atoms with Gasteiger partial charge >= 0.3 is 0 Å². The van der Waals surface area contributed by atoms with Crippen LogP contribution in [0.25, 0.3) is 11.0 Å². The molecule has 3 amide bonds. The number of anilines is 1. The third-order valence-electron chi connectivity index (χ3n) is 4.47. The first kappa shape index (κ1) is 21.1. The first-order valence-corrected chi connectivity index (χ1v) is 9.97. The monoisotopic (exact) mass is 407 g/mol. The SMILES string of the molecule is CCCNC(=O)CCNC(=O)Cc1ccc(NC(=O)c2cc3ccccc3o2)cc1. The average molecular weight is 407 g/mol. The van der Waals surface area contributed by atoms with Crippen molar-refractivity contribution >= 4 is 34.4 Å². The first-order valence-electron chi connectivity index (χ1n) is 9.97. The molecule has 0 radical (unpaired) electrons. The van der Waals surface area contributed by atoms with E-state index in [4.69, 9.17) is 4.42 Å². The molecule has 0 spiro atoms. The summed E-state index contributed by atoms with van der Waals surface area (Å²) >= 11 is 0. The number of furan rings is 1. The molecular weight excluding hydrogens is 382 g/mol. The van der Waals surface area contributed by atoms with Gasteiger partial charge in [-0.05, 0) is 36.2 Å². The van der Waals surface area contributed by atoms with E-state index in [1.807, 2.05) is 31.2 Å². The molecule has 0 unspecified atom stereocenters. The van der Waals surface area contributed by atoms with Crippen molar-refractivity contribution in [3.05, 3.63) is 65.9 Å². The van der Waals surface area contributed by atoms with E-state index in [1.165, 1.54) is 0 Å². The van der Waals surface area contributed by atoms with Gasteiger partial charge in [-0.1, -0.05) is 37.3 Å². The van der Waals surface area contributed by atoms with Gasteiger partial charge in [0.1, 0.15) is 5.58 Å². The van der Waals surface area contributed by atoms with E-state index in [9.17, 15) is 14.4 Å². The lowest BCUT2D eigenvalue weighted by molar-refractivity contribution is -0.122. The Kier molecular flexibility index (Phi) is 7.21. The van der Waals surface area contributed by atoms with Gasteiger partial charge in [0.15, 0.2) is 5.76 Å². The molecule has 30 heavy (non-hydrogen) atoms. The maximum Gasteiger partial charge on any atom is 0.291 e. The second-order valence-corrected chi connectivity index (χ2v) is 6.93. The number of hydrogen-bond donors (Lipinski definition) is 3. The number of amides is 3. The van der Waals surface area contributed by atoms with E-state index < -0.39 is 0 Å². The van der Waals surface area contributed by atoms with Gasteiger partial charge < -0.3 is 20.4 Å². The Balaban J connectivity index is 1.46. The van der Waals surface area contributed by atoms with Crippen LogP contribution in [-0.4, -0.2) is 30.8 Å². The fourth-order valence-corrected chi connectivity index (χ4v) is 2.91. The number of para-hydroxylation sites is 1. The average Bonchev–Trinajstić information content (AvgIpc) is 3.18. The van der Waals surface area contributed by atoms with E-state index in [1.54, 1.807) is 30.3 Å². The zero-order valence-electron chi connectivity index (χ0n) is 16.9. The Morgan fingerprint density at radius 3 is 2.37 bits per heavy atom.